The van der Waals surface area contributed by atoms with E-state index < -0.39 is 9.05 Å². The molecule has 0 N–H and O–H groups in total. The van der Waals surface area contributed by atoms with E-state index in [1.54, 1.807) is 26.8 Å². The Kier molecular flexibility index (Phi) is 3.21. The highest BCUT2D eigenvalue weighted by Crippen LogP contribution is 2.27. The quantitative estimate of drug-likeness (QED) is 0.595. The van der Waals surface area contributed by atoms with Crippen LogP contribution in [0, 0.1) is 20.8 Å². The van der Waals surface area contributed by atoms with Crippen molar-refractivity contribution in [2.75, 3.05) is 0 Å². The van der Waals surface area contributed by atoms with Gasteiger partial charge in [-0.2, -0.15) is 0 Å². The Balaban J connectivity index is 3.76. The van der Waals surface area contributed by atoms with E-state index in [2.05, 4.69) is 0 Å². The Morgan fingerprint density at radius 3 is 2.13 bits per heavy atom. The van der Waals surface area contributed by atoms with Gasteiger partial charge in [-0.3, -0.25) is 4.79 Å². The lowest BCUT2D eigenvalue weighted by Gasteiger charge is -2.11. The SMILES string of the molecule is Cc1cc(C)c(S(=O)(=O)Cl)c(C)c1C=O. The van der Waals surface area contributed by atoms with Gasteiger partial charge in [0.15, 0.2) is 6.29 Å². The molecule has 0 aliphatic heterocycles. The topological polar surface area (TPSA) is 51.2 Å². The van der Waals surface area contributed by atoms with E-state index in [1.165, 1.54) is 0 Å². The molecule has 0 saturated carbocycles. The van der Waals surface area contributed by atoms with Gasteiger partial charge in [-0.1, -0.05) is 6.07 Å². The van der Waals surface area contributed by atoms with Gasteiger partial charge in [-0.15, -0.1) is 0 Å². The first-order valence-electron chi connectivity index (χ1n) is 4.29. The third-order valence-electron chi connectivity index (χ3n) is 2.32. The van der Waals surface area contributed by atoms with E-state index >= 15 is 0 Å². The number of aldehydes is 1. The minimum atomic E-state index is -3.80. The lowest BCUT2D eigenvalue weighted by atomic mass is 10.0. The molecule has 1 aromatic rings. The highest BCUT2D eigenvalue weighted by atomic mass is 35.7. The van der Waals surface area contributed by atoms with Crippen LogP contribution in [0.4, 0.5) is 0 Å². The molecule has 0 fully saturated rings. The predicted molar refractivity (Wildman–Crippen MR) is 59.1 cm³/mol. The lowest BCUT2D eigenvalue weighted by molar-refractivity contribution is 0.112. The van der Waals surface area contributed by atoms with Crippen LogP contribution in [0.25, 0.3) is 0 Å². The Labute approximate surface area is 93.5 Å². The fourth-order valence-electron chi connectivity index (χ4n) is 1.74. The summed E-state index contributed by atoms with van der Waals surface area (Å²) >= 11 is 0. The van der Waals surface area contributed by atoms with Crippen LogP contribution in [-0.4, -0.2) is 14.7 Å². The molecule has 0 aliphatic carbocycles. The summed E-state index contributed by atoms with van der Waals surface area (Å²) in [7, 11) is 1.51. The second-order valence-electron chi connectivity index (χ2n) is 3.43. The summed E-state index contributed by atoms with van der Waals surface area (Å²) in [5.41, 5.74) is 2.12. The summed E-state index contributed by atoms with van der Waals surface area (Å²) in [6, 6.07) is 1.64. The summed E-state index contributed by atoms with van der Waals surface area (Å²) in [6.45, 7) is 5.00. The fraction of sp³-hybridized carbons (Fsp3) is 0.300. The average molecular weight is 247 g/mol. The van der Waals surface area contributed by atoms with Crippen molar-refractivity contribution in [3.8, 4) is 0 Å². The average Bonchev–Trinajstić information content (AvgIpc) is 2.00. The molecular weight excluding hydrogens is 236 g/mol. The van der Waals surface area contributed by atoms with Gasteiger partial charge in [0.1, 0.15) is 0 Å². The molecule has 0 saturated heterocycles. The highest BCUT2D eigenvalue weighted by molar-refractivity contribution is 8.13. The van der Waals surface area contributed by atoms with Gasteiger partial charge in [0.05, 0.1) is 4.90 Å². The van der Waals surface area contributed by atoms with Crippen molar-refractivity contribution in [2.24, 2.45) is 0 Å². The monoisotopic (exact) mass is 246 g/mol. The van der Waals surface area contributed by atoms with E-state index in [-0.39, 0.29) is 4.90 Å². The molecule has 1 rings (SSSR count). The molecule has 0 spiro atoms. The first-order chi connectivity index (χ1) is 6.79. The minimum Gasteiger partial charge on any atom is -0.298 e. The Morgan fingerprint density at radius 1 is 1.20 bits per heavy atom. The van der Waals surface area contributed by atoms with Crippen molar-refractivity contribution in [1.82, 2.24) is 0 Å². The second-order valence-corrected chi connectivity index (χ2v) is 5.94. The molecule has 0 amide bonds. The molecule has 15 heavy (non-hydrogen) atoms. The van der Waals surface area contributed by atoms with Crippen molar-refractivity contribution in [1.29, 1.82) is 0 Å². The van der Waals surface area contributed by atoms with Gasteiger partial charge in [-0.05, 0) is 37.5 Å². The summed E-state index contributed by atoms with van der Waals surface area (Å²) in [5.74, 6) is 0. The molecule has 1 aromatic carbocycles. The number of carbonyl (C=O) groups excluding carboxylic acids is 1. The van der Waals surface area contributed by atoms with Crippen LogP contribution in [0.2, 0.25) is 0 Å². The lowest BCUT2D eigenvalue weighted by Crippen LogP contribution is -2.03. The minimum absolute atomic E-state index is 0.0388. The molecule has 0 bridgehead atoms. The first kappa shape index (κ1) is 12.2. The largest absolute Gasteiger partial charge is 0.298 e. The van der Waals surface area contributed by atoms with Crippen molar-refractivity contribution >= 4 is 26.0 Å². The van der Waals surface area contributed by atoms with Gasteiger partial charge < -0.3 is 0 Å². The van der Waals surface area contributed by atoms with Crippen LogP contribution in [0.15, 0.2) is 11.0 Å². The first-order valence-corrected chi connectivity index (χ1v) is 6.60. The second kappa shape index (κ2) is 3.94. The van der Waals surface area contributed by atoms with E-state index in [1.807, 2.05) is 0 Å². The summed E-state index contributed by atoms with van der Waals surface area (Å²) in [4.78, 5) is 10.8. The summed E-state index contributed by atoms with van der Waals surface area (Å²) in [6.07, 6.45) is 0.648. The van der Waals surface area contributed by atoms with Crippen molar-refractivity contribution < 1.29 is 13.2 Å². The van der Waals surface area contributed by atoms with Crippen LogP contribution in [0.1, 0.15) is 27.0 Å². The number of carbonyl (C=O) groups is 1. The molecule has 0 unspecified atom stereocenters. The normalized spacial score (nSPS) is 11.5. The zero-order valence-electron chi connectivity index (χ0n) is 8.67. The van der Waals surface area contributed by atoms with Gasteiger partial charge in [0, 0.05) is 16.2 Å². The van der Waals surface area contributed by atoms with E-state index in [9.17, 15) is 13.2 Å². The van der Waals surface area contributed by atoms with Crippen LogP contribution < -0.4 is 0 Å². The molecule has 82 valence electrons. The standard InChI is InChI=1S/C10H11ClO3S/c1-6-4-7(2)10(15(11,13)14)8(3)9(6)5-12/h4-5H,1-3H3. The van der Waals surface area contributed by atoms with Crippen molar-refractivity contribution in [3.05, 3.63) is 28.3 Å². The van der Waals surface area contributed by atoms with Crippen LogP contribution in [0.5, 0.6) is 0 Å². The smallest absolute Gasteiger partial charge is 0.261 e. The van der Waals surface area contributed by atoms with Gasteiger partial charge >= 0.3 is 0 Å². The van der Waals surface area contributed by atoms with Crippen LogP contribution in [0.3, 0.4) is 0 Å². The fourth-order valence-corrected chi connectivity index (χ4v) is 3.37. The molecule has 0 heterocycles. The maximum atomic E-state index is 11.3. The Hall–Kier alpha value is -0.870. The van der Waals surface area contributed by atoms with Gasteiger partial charge in [0.2, 0.25) is 0 Å². The Bertz CT molecular complexity index is 518. The van der Waals surface area contributed by atoms with Crippen molar-refractivity contribution in [3.63, 3.8) is 0 Å². The third kappa shape index (κ3) is 2.21. The van der Waals surface area contributed by atoms with Gasteiger partial charge in [-0.25, -0.2) is 8.42 Å². The number of hydrogen-bond acceptors (Lipinski definition) is 3. The number of rotatable bonds is 2. The van der Waals surface area contributed by atoms with Gasteiger partial charge in [0.25, 0.3) is 9.05 Å². The molecule has 0 atom stereocenters. The number of hydrogen-bond donors (Lipinski definition) is 0. The zero-order valence-corrected chi connectivity index (χ0v) is 10.2. The van der Waals surface area contributed by atoms with Crippen LogP contribution in [-0.2, 0) is 9.05 Å². The summed E-state index contributed by atoms with van der Waals surface area (Å²) < 4.78 is 22.6. The zero-order chi connectivity index (χ0) is 11.8. The van der Waals surface area contributed by atoms with E-state index in [0.29, 0.717) is 23.0 Å². The van der Waals surface area contributed by atoms with E-state index in [0.717, 1.165) is 5.56 Å². The summed E-state index contributed by atoms with van der Waals surface area (Å²) in [5, 5.41) is 0. The predicted octanol–water partition coefficient (Wildman–Crippen LogP) is 2.35. The molecule has 5 heteroatoms. The molecule has 0 aromatic heterocycles. The molecule has 3 nitrogen and oxygen atoms in total. The van der Waals surface area contributed by atoms with Crippen LogP contribution >= 0.6 is 10.7 Å². The molecular formula is C10H11ClO3S. The highest BCUT2D eigenvalue weighted by Gasteiger charge is 2.20. The van der Waals surface area contributed by atoms with E-state index in [4.69, 9.17) is 10.7 Å². The van der Waals surface area contributed by atoms with Crippen molar-refractivity contribution in [2.45, 2.75) is 25.7 Å². The molecule has 0 radical (unpaired) electrons. The maximum Gasteiger partial charge on any atom is 0.261 e. The Morgan fingerprint density at radius 2 is 1.73 bits per heavy atom. The number of benzene rings is 1. The maximum absolute atomic E-state index is 11.3. The third-order valence-corrected chi connectivity index (χ3v) is 3.90. The number of halogens is 1. The number of aryl methyl sites for hydroxylation is 2. The molecule has 0 aliphatic rings.